The number of rotatable bonds is 1. The van der Waals surface area contributed by atoms with Gasteiger partial charge in [0.15, 0.2) is 0 Å². The minimum absolute atomic E-state index is 0.104. The van der Waals surface area contributed by atoms with Crippen LogP contribution in [0.4, 0.5) is 0 Å². The van der Waals surface area contributed by atoms with E-state index in [2.05, 4.69) is 0 Å². The number of nitrogens with zero attached hydrogens (tertiary/aromatic N) is 1. The fourth-order valence-electron chi connectivity index (χ4n) is 1.68. The second-order valence-corrected chi connectivity index (χ2v) is 3.30. The molecule has 0 N–H and O–H groups in total. The van der Waals surface area contributed by atoms with Crippen molar-refractivity contribution in [3.63, 3.8) is 0 Å². The molecular weight excluding hydrogens is 170 g/mol. The van der Waals surface area contributed by atoms with Gasteiger partial charge in [-0.3, -0.25) is 4.79 Å². The van der Waals surface area contributed by atoms with Crippen LogP contribution >= 0.6 is 0 Å². The molecule has 0 aliphatic carbocycles. The van der Waals surface area contributed by atoms with Crippen LogP contribution in [0, 0.1) is 0 Å². The third kappa shape index (κ3) is 1.22. The van der Waals surface area contributed by atoms with Gasteiger partial charge in [-0.1, -0.05) is 0 Å². The maximum Gasteiger partial charge on any atom is 0.336 e. The summed E-state index contributed by atoms with van der Waals surface area (Å²) in [6.07, 6.45) is 1.47. The highest BCUT2D eigenvalue weighted by molar-refractivity contribution is 5.92. The van der Waals surface area contributed by atoms with Crippen LogP contribution in [-0.4, -0.2) is 29.9 Å². The first kappa shape index (κ1) is 8.29. The summed E-state index contributed by atoms with van der Waals surface area (Å²) in [5.41, 5.74) is 1.34. The summed E-state index contributed by atoms with van der Waals surface area (Å²) in [6, 6.07) is 0. The van der Waals surface area contributed by atoms with Crippen LogP contribution in [0.15, 0.2) is 11.3 Å². The van der Waals surface area contributed by atoms with E-state index in [1.165, 1.54) is 0 Å². The van der Waals surface area contributed by atoms with Crippen molar-refractivity contribution in [2.24, 2.45) is 0 Å². The van der Waals surface area contributed by atoms with Crippen molar-refractivity contribution in [3.8, 4) is 0 Å². The van der Waals surface area contributed by atoms with Gasteiger partial charge in [-0.05, 0) is 13.3 Å². The zero-order chi connectivity index (χ0) is 9.42. The Morgan fingerprint density at radius 1 is 1.38 bits per heavy atom. The van der Waals surface area contributed by atoms with Crippen molar-refractivity contribution in [1.82, 2.24) is 4.90 Å². The summed E-state index contributed by atoms with van der Waals surface area (Å²) in [4.78, 5) is 24.0. The number of amides is 1. The number of carbonyl (C=O) groups is 2. The van der Waals surface area contributed by atoms with E-state index in [-0.39, 0.29) is 18.5 Å². The van der Waals surface area contributed by atoms with Gasteiger partial charge in [0.25, 0.3) is 0 Å². The Labute approximate surface area is 76.2 Å². The lowest BCUT2D eigenvalue weighted by molar-refractivity contribution is -0.136. The monoisotopic (exact) mass is 181 g/mol. The molecule has 1 amide bonds. The maximum absolute atomic E-state index is 11.3. The van der Waals surface area contributed by atoms with Gasteiger partial charge in [-0.2, -0.15) is 0 Å². The Kier molecular flexibility index (Phi) is 1.83. The van der Waals surface area contributed by atoms with Crippen LogP contribution in [0.25, 0.3) is 0 Å². The number of cyclic esters (lactones) is 1. The Morgan fingerprint density at radius 3 is 2.62 bits per heavy atom. The van der Waals surface area contributed by atoms with E-state index in [1.807, 2.05) is 0 Å². The van der Waals surface area contributed by atoms with Gasteiger partial charge in [0.1, 0.15) is 6.61 Å². The van der Waals surface area contributed by atoms with E-state index in [9.17, 15) is 9.59 Å². The molecule has 4 nitrogen and oxygen atoms in total. The van der Waals surface area contributed by atoms with Gasteiger partial charge in [0.2, 0.25) is 5.91 Å². The lowest BCUT2D eigenvalue weighted by Crippen LogP contribution is -2.25. The van der Waals surface area contributed by atoms with E-state index in [0.717, 1.165) is 18.7 Å². The number of likely N-dealkylation sites (tertiary alicyclic amines) is 1. The molecule has 0 unspecified atom stereocenters. The van der Waals surface area contributed by atoms with Gasteiger partial charge < -0.3 is 9.64 Å². The highest BCUT2D eigenvalue weighted by Crippen LogP contribution is 2.23. The molecule has 1 fully saturated rings. The van der Waals surface area contributed by atoms with Gasteiger partial charge in [0.05, 0.1) is 11.3 Å². The predicted molar refractivity (Wildman–Crippen MR) is 44.6 cm³/mol. The Hall–Kier alpha value is -1.32. The Morgan fingerprint density at radius 2 is 2.15 bits per heavy atom. The average molecular weight is 181 g/mol. The second-order valence-electron chi connectivity index (χ2n) is 3.30. The molecule has 2 heterocycles. The maximum atomic E-state index is 11.3. The summed E-state index contributed by atoms with van der Waals surface area (Å²) in [7, 11) is 0. The van der Waals surface area contributed by atoms with Crippen molar-refractivity contribution >= 4 is 11.9 Å². The molecule has 0 aromatic heterocycles. The third-order valence-electron chi connectivity index (χ3n) is 2.48. The molecule has 4 heteroatoms. The molecule has 0 bridgehead atoms. The number of esters is 1. The van der Waals surface area contributed by atoms with Crippen LogP contribution in [-0.2, 0) is 14.3 Å². The lowest BCUT2D eigenvalue weighted by atomic mass is 10.2. The summed E-state index contributed by atoms with van der Waals surface area (Å²) in [5, 5.41) is 0. The number of hydrogen-bond acceptors (Lipinski definition) is 3. The zero-order valence-corrected chi connectivity index (χ0v) is 7.50. The van der Waals surface area contributed by atoms with E-state index in [4.69, 9.17) is 4.74 Å². The van der Waals surface area contributed by atoms with Crippen molar-refractivity contribution in [3.05, 3.63) is 11.3 Å². The summed E-state index contributed by atoms with van der Waals surface area (Å²) >= 11 is 0. The zero-order valence-electron chi connectivity index (χ0n) is 7.50. The molecule has 0 saturated carbocycles. The molecule has 0 aromatic rings. The number of ether oxygens (including phenoxy) is 1. The van der Waals surface area contributed by atoms with Crippen LogP contribution in [0.3, 0.4) is 0 Å². The van der Waals surface area contributed by atoms with Gasteiger partial charge in [0, 0.05) is 13.0 Å². The molecule has 0 aromatic carbocycles. The fourth-order valence-corrected chi connectivity index (χ4v) is 1.68. The standard InChI is InChI=1S/C9H11NO3/c1-6-7(5-13-9(6)12)10-4-2-3-8(10)11/h2-5H2,1H3. The Balaban J connectivity index is 2.26. The van der Waals surface area contributed by atoms with Crippen molar-refractivity contribution < 1.29 is 14.3 Å². The van der Waals surface area contributed by atoms with Gasteiger partial charge in [-0.25, -0.2) is 4.79 Å². The molecule has 70 valence electrons. The molecule has 2 rings (SSSR count). The predicted octanol–water partition coefficient (Wildman–Crippen LogP) is 0.440. The average Bonchev–Trinajstić information content (AvgIpc) is 2.62. The largest absolute Gasteiger partial charge is 0.456 e. The van der Waals surface area contributed by atoms with Crippen LogP contribution in [0.1, 0.15) is 19.8 Å². The first-order valence-corrected chi connectivity index (χ1v) is 4.37. The summed E-state index contributed by atoms with van der Waals surface area (Å²) < 4.78 is 4.83. The molecule has 2 aliphatic rings. The lowest BCUT2D eigenvalue weighted by Gasteiger charge is -2.15. The fraction of sp³-hybridized carbons (Fsp3) is 0.556. The van der Waals surface area contributed by atoms with Crippen LogP contribution in [0.2, 0.25) is 0 Å². The van der Waals surface area contributed by atoms with Crippen molar-refractivity contribution in [2.45, 2.75) is 19.8 Å². The molecule has 1 saturated heterocycles. The van der Waals surface area contributed by atoms with E-state index in [0.29, 0.717) is 12.0 Å². The molecule has 0 radical (unpaired) electrons. The highest BCUT2D eigenvalue weighted by Gasteiger charge is 2.31. The Bertz CT molecular complexity index is 306. The SMILES string of the molecule is CC1=C(N2CCCC2=O)COC1=O. The molecule has 13 heavy (non-hydrogen) atoms. The topological polar surface area (TPSA) is 46.6 Å². The molecule has 0 spiro atoms. The summed E-state index contributed by atoms with van der Waals surface area (Å²) in [5.74, 6) is -0.192. The van der Waals surface area contributed by atoms with E-state index in [1.54, 1.807) is 11.8 Å². The quantitative estimate of drug-likeness (QED) is 0.551. The second kappa shape index (κ2) is 2.87. The number of hydrogen-bond donors (Lipinski definition) is 0. The van der Waals surface area contributed by atoms with Gasteiger partial charge in [-0.15, -0.1) is 0 Å². The van der Waals surface area contributed by atoms with E-state index < -0.39 is 0 Å². The molecule has 0 atom stereocenters. The van der Waals surface area contributed by atoms with Crippen LogP contribution in [0.5, 0.6) is 0 Å². The van der Waals surface area contributed by atoms with Crippen molar-refractivity contribution in [2.75, 3.05) is 13.2 Å². The minimum Gasteiger partial charge on any atom is -0.456 e. The number of carbonyl (C=O) groups excluding carboxylic acids is 2. The molecule has 2 aliphatic heterocycles. The normalized spacial score (nSPS) is 23.0. The minimum atomic E-state index is -0.297. The summed E-state index contributed by atoms with van der Waals surface area (Å²) in [6.45, 7) is 2.69. The van der Waals surface area contributed by atoms with Gasteiger partial charge >= 0.3 is 5.97 Å². The van der Waals surface area contributed by atoms with Crippen molar-refractivity contribution in [1.29, 1.82) is 0 Å². The first-order valence-electron chi connectivity index (χ1n) is 4.37. The molecular formula is C9H11NO3. The van der Waals surface area contributed by atoms with E-state index >= 15 is 0 Å². The first-order chi connectivity index (χ1) is 6.20. The van der Waals surface area contributed by atoms with Crippen LogP contribution < -0.4 is 0 Å². The highest BCUT2D eigenvalue weighted by atomic mass is 16.5. The smallest absolute Gasteiger partial charge is 0.336 e. The third-order valence-corrected chi connectivity index (χ3v) is 2.48.